The molecule has 2 unspecified atom stereocenters. The molecule has 0 spiro atoms. The minimum atomic E-state index is -0.175. The van der Waals surface area contributed by atoms with Gasteiger partial charge in [-0.05, 0) is 44.0 Å². The highest BCUT2D eigenvalue weighted by atomic mass is 16.5. The van der Waals surface area contributed by atoms with E-state index < -0.39 is 0 Å². The molecule has 5 rings (SSSR count). The molecule has 0 radical (unpaired) electrons. The van der Waals surface area contributed by atoms with E-state index in [4.69, 9.17) is 4.74 Å². The van der Waals surface area contributed by atoms with Crippen LogP contribution in [0.25, 0.3) is 16.5 Å². The van der Waals surface area contributed by atoms with Gasteiger partial charge in [0, 0.05) is 36.1 Å². The van der Waals surface area contributed by atoms with E-state index in [-0.39, 0.29) is 29.7 Å². The Morgan fingerprint density at radius 1 is 0.895 bits per heavy atom. The van der Waals surface area contributed by atoms with Crippen molar-refractivity contribution in [2.45, 2.75) is 52.0 Å². The summed E-state index contributed by atoms with van der Waals surface area (Å²) in [5.41, 5.74) is 2.92. The maximum Gasteiger partial charge on any atom is 0.263 e. The third-order valence-corrected chi connectivity index (χ3v) is 7.21. The number of fused-ring (bicyclic) bond motifs is 1. The van der Waals surface area contributed by atoms with Crippen LogP contribution in [0, 0.1) is 0 Å². The quantitative estimate of drug-likeness (QED) is 0.358. The summed E-state index contributed by atoms with van der Waals surface area (Å²) < 4.78 is 7.69. The fourth-order valence-electron chi connectivity index (χ4n) is 5.61. The molecule has 0 saturated carbocycles. The van der Waals surface area contributed by atoms with Crippen molar-refractivity contribution in [3.63, 3.8) is 0 Å². The van der Waals surface area contributed by atoms with Crippen LogP contribution in [-0.2, 0) is 11.3 Å². The van der Waals surface area contributed by atoms with Crippen molar-refractivity contribution in [3.8, 4) is 5.69 Å². The van der Waals surface area contributed by atoms with Crippen LogP contribution in [0.4, 0.5) is 0 Å². The van der Waals surface area contributed by atoms with Crippen LogP contribution >= 0.6 is 0 Å². The summed E-state index contributed by atoms with van der Waals surface area (Å²) in [7, 11) is 0. The number of hydrogen-bond acceptors (Lipinski definition) is 4. The monoisotopic (exact) mass is 509 g/mol. The number of benzene rings is 3. The molecule has 1 saturated heterocycles. The van der Waals surface area contributed by atoms with E-state index >= 15 is 0 Å². The van der Waals surface area contributed by atoms with E-state index in [9.17, 15) is 9.59 Å². The minimum absolute atomic E-state index is 0.0657. The van der Waals surface area contributed by atoms with Gasteiger partial charge in [0.05, 0.1) is 29.5 Å². The Morgan fingerprint density at radius 2 is 1.47 bits per heavy atom. The number of morpholine rings is 1. The smallest absolute Gasteiger partial charge is 0.263 e. The third kappa shape index (κ3) is 5.28. The molecule has 1 aliphatic rings. The number of aromatic nitrogens is 1. The average Bonchev–Trinajstić information content (AvgIpc) is 2.92. The first-order valence-electron chi connectivity index (χ1n) is 13.4. The van der Waals surface area contributed by atoms with Gasteiger partial charge in [0.1, 0.15) is 0 Å². The number of ether oxygens (including phenoxy) is 1. The molecular weight excluding hydrogens is 474 g/mol. The van der Waals surface area contributed by atoms with Crippen molar-refractivity contribution in [1.29, 1.82) is 0 Å². The molecule has 0 bridgehead atoms. The van der Waals surface area contributed by atoms with E-state index in [1.807, 2.05) is 84.9 Å². The van der Waals surface area contributed by atoms with E-state index in [1.54, 1.807) is 4.57 Å². The van der Waals surface area contributed by atoms with Gasteiger partial charge in [0.2, 0.25) is 0 Å². The van der Waals surface area contributed by atoms with Crippen LogP contribution < -0.4 is 10.9 Å². The van der Waals surface area contributed by atoms with Crippen molar-refractivity contribution in [2.24, 2.45) is 0 Å². The van der Waals surface area contributed by atoms with Crippen molar-refractivity contribution < 1.29 is 9.53 Å². The molecular formula is C32H35N3O3. The van der Waals surface area contributed by atoms with E-state index in [2.05, 4.69) is 31.0 Å². The molecule has 1 amide bonds. The molecule has 3 aromatic carbocycles. The number of amides is 1. The Balaban J connectivity index is 1.70. The highest BCUT2D eigenvalue weighted by molar-refractivity contribution is 6.08. The molecule has 2 heterocycles. The van der Waals surface area contributed by atoms with Crippen LogP contribution in [0.3, 0.4) is 0 Å². The van der Waals surface area contributed by atoms with Crippen molar-refractivity contribution in [2.75, 3.05) is 13.1 Å². The van der Waals surface area contributed by atoms with Crippen LogP contribution in [-0.4, -0.2) is 40.7 Å². The topological polar surface area (TPSA) is 63.6 Å². The molecule has 3 atom stereocenters. The molecule has 1 N–H and O–H groups in total. The maximum absolute atomic E-state index is 14.2. The highest BCUT2D eigenvalue weighted by Crippen LogP contribution is 2.27. The first-order chi connectivity index (χ1) is 18.5. The molecule has 1 fully saturated rings. The number of nitrogens with one attached hydrogen (secondary N) is 1. The van der Waals surface area contributed by atoms with Crippen LogP contribution in [0.15, 0.2) is 89.7 Å². The second kappa shape index (κ2) is 11.3. The zero-order valence-corrected chi connectivity index (χ0v) is 22.3. The summed E-state index contributed by atoms with van der Waals surface area (Å²) in [6.45, 7) is 8.10. The van der Waals surface area contributed by atoms with Crippen LogP contribution in [0.2, 0.25) is 0 Å². The number of nitrogens with zero attached hydrogens (tertiary/aromatic N) is 2. The van der Waals surface area contributed by atoms with Gasteiger partial charge in [0.15, 0.2) is 0 Å². The minimum Gasteiger partial charge on any atom is -0.373 e. The van der Waals surface area contributed by atoms with Gasteiger partial charge in [-0.2, -0.15) is 0 Å². The number of carbonyl (C=O) groups excluding carboxylic acids is 1. The summed E-state index contributed by atoms with van der Waals surface area (Å²) in [6.07, 6.45) is 0.881. The zero-order valence-electron chi connectivity index (χ0n) is 22.3. The number of hydrogen-bond donors (Lipinski definition) is 1. The predicted molar refractivity (Wildman–Crippen MR) is 152 cm³/mol. The lowest BCUT2D eigenvalue weighted by atomic mass is 9.99. The lowest BCUT2D eigenvalue weighted by Gasteiger charge is -2.36. The summed E-state index contributed by atoms with van der Waals surface area (Å²) in [5.74, 6) is -0.175. The Kier molecular flexibility index (Phi) is 7.72. The predicted octanol–water partition coefficient (Wildman–Crippen LogP) is 5.48. The number of carbonyl (C=O) groups is 1. The lowest BCUT2D eigenvalue weighted by molar-refractivity contribution is -0.0709. The molecule has 196 valence electrons. The van der Waals surface area contributed by atoms with E-state index in [0.29, 0.717) is 28.6 Å². The average molecular weight is 510 g/mol. The second-order valence-electron chi connectivity index (χ2n) is 10.1. The van der Waals surface area contributed by atoms with Gasteiger partial charge in [-0.15, -0.1) is 0 Å². The van der Waals surface area contributed by atoms with Gasteiger partial charge in [-0.25, -0.2) is 0 Å². The van der Waals surface area contributed by atoms with Gasteiger partial charge in [-0.3, -0.25) is 19.1 Å². The number of pyridine rings is 1. The lowest BCUT2D eigenvalue weighted by Crippen LogP contribution is -2.46. The molecule has 1 aromatic heterocycles. The molecule has 6 heteroatoms. The Bertz CT molecular complexity index is 1460. The Hall–Kier alpha value is -3.74. The molecule has 0 aliphatic carbocycles. The normalized spacial score (nSPS) is 18.8. The molecule has 4 aromatic rings. The summed E-state index contributed by atoms with van der Waals surface area (Å²) in [4.78, 5) is 30.5. The molecule has 1 aliphatic heterocycles. The Morgan fingerprint density at radius 3 is 2.11 bits per heavy atom. The van der Waals surface area contributed by atoms with Crippen LogP contribution in [0.1, 0.15) is 54.8 Å². The van der Waals surface area contributed by atoms with Crippen molar-refractivity contribution >= 4 is 16.7 Å². The zero-order chi connectivity index (χ0) is 26.6. The Labute approximate surface area is 223 Å². The highest BCUT2D eigenvalue weighted by Gasteiger charge is 2.28. The van der Waals surface area contributed by atoms with Crippen LogP contribution in [0.5, 0.6) is 0 Å². The second-order valence-corrected chi connectivity index (χ2v) is 10.1. The van der Waals surface area contributed by atoms with Crippen molar-refractivity contribution in [3.05, 3.63) is 112 Å². The fourth-order valence-corrected chi connectivity index (χ4v) is 5.61. The van der Waals surface area contributed by atoms with Gasteiger partial charge in [-0.1, -0.05) is 73.7 Å². The summed E-state index contributed by atoms with van der Waals surface area (Å²) >= 11 is 0. The number of para-hydroxylation sites is 1. The SMILES string of the molecule is CCC(NC(=O)c1c(CN2CC(C)O[C@@H](C)C2)n(-c2ccccc2)c(=O)c2ccccc12)c1ccccc1. The summed E-state index contributed by atoms with van der Waals surface area (Å²) in [5, 5.41) is 4.49. The van der Waals surface area contributed by atoms with Gasteiger partial charge < -0.3 is 10.1 Å². The fraction of sp³-hybridized carbons (Fsp3) is 0.312. The first kappa shape index (κ1) is 25.9. The maximum atomic E-state index is 14.2. The van der Waals surface area contributed by atoms with E-state index in [1.165, 1.54) is 0 Å². The third-order valence-electron chi connectivity index (χ3n) is 7.21. The largest absolute Gasteiger partial charge is 0.373 e. The molecule has 38 heavy (non-hydrogen) atoms. The first-order valence-corrected chi connectivity index (χ1v) is 13.4. The van der Waals surface area contributed by atoms with Crippen molar-refractivity contribution in [1.82, 2.24) is 14.8 Å². The molecule has 6 nitrogen and oxygen atoms in total. The summed E-state index contributed by atoms with van der Waals surface area (Å²) in [6, 6.07) is 26.9. The van der Waals surface area contributed by atoms with Gasteiger partial charge in [0.25, 0.3) is 11.5 Å². The van der Waals surface area contributed by atoms with Gasteiger partial charge >= 0.3 is 0 Å². The number of rotatable bonds is 7. The van der Waals surface area contributed by atoms with E-state index in [0.717, 1.165) is 30.8 Å². The standard InChI is InChI=1S/C32H35N3O3/c1-4-28(24-13-7-5-8-14-24)33-31(36)30-26-17-11-12-18-27(26)32(37)35(25-15-9-6-10-16-25)29(30)21-34-19-22(2)38-23(3)20-34/h5-18,22-23,28H,4,19-21H2,1-3H3,(H,33,36)/t22-,23?,28?/m0/s1.